The number of likely N-dealkylation sites (tertiary alicyclic amines) is 2. The van der Waals surface area contributed by atoms with Crippen LogP contribution in [0.4, 0.5) is 0 Å². The predicted octanol–water partition coefficient (Wildman–Crippen LogP) is 3.83. The Kier molecular flexibility index (Phi) is 9.36. The van der Waals surface area contributed by atoms with Crippen LogP contribution in [0, 0.1) is 5.92 Å². The normalized spacial score (nSPS) is 28.7. The molecule has 0 aromatic carbocycles. The number of rotatable bonds is 7. The van der Waals surface area contributed by atoms with E-state index in [4.69, 9.17) is 4.99 Å². The van der Waals surface area contributed by atoms with Gasteiger partial charge in [0.25, 0.3) is 0 Å². The van der Waals surface area contributed by atoms with E-state index >= 15 is 0 Å². The maximum atomic E-state index is 5.15. The number of aliphatic imine (C=N–C) groups is 1. The molecule has 29 heavy (non-hydrogen) atoms. The number of piperidine rings is 1. The summed E-state index contributed by atoms with van der Waals surface area (Å²) in [6.45, 7) is 10.4. The topological polar surface area (TPSA) is 42.9 Å². The van der Waals surface area contributed by atoms with Crippen LogP contribution >= 0.6 is 24.0 Å². The standard InChI is InChI=1S/C23H43N5.HI/c1-2-24-22(25-17-20-11-16-27(18-20)21-9-10-21)26-19-23(12-5-3-6-13-23)28-14-7-4-8-15-28;/h20-21H,2-19H2,1H3,(H2,24,25,26);1H. The molecule has 2 heterocycles. The van der Waals surface area contributed by atoms with E-state index in [1.54, 1.807) is 0 Å². The van der Waals surface area contributed by atoms with E-state index in [2.05, 4.69) is 27.4 Å². The largest absolute Gasteiger partial charge is 0.357 e. The molecule has 0 radical (unpaired) electrons. The molecule has 5 nitrogen and oxygen atoms in total. The molecule has 168 valence electrons. The number of nitrogens with one attached hydrogen (secondary N) is 2. The number of guanidine groups is 1. The Morgan fingerprint density at radius 3 is 2.34 bits per heavy atom. The number of nitrogens with zero attached hydrogens (tertiary/aromatic N) is 3. The van der Waals surface area contributed by atoms with Crippen molar-refractivity contribution in [3.63, 3.8) is 0 Å². The second-order valence-electron chi connectivity index (χ2n) is 9.79. The summed E-state index contributed by atoms with van der Waals surface area (Å²) in [5, 5.41) is 7.22. The number of hydrogen-bond donors (Lipinski definition) is 2. The van der Waals surface area contributed by atoms with Crippen molar-refractivity contribution >= 4 is 29.9 Å². The Balaban J connectivity index is 0.00000240. The van der Waals surface area contributed by atoms with Gasteiger partial charge in [-0.3, -0.25) is 9.89 Å². The van der Waals surface area contributed by atoms with Crippen LogP contribution in [0.25, 0.3) is 0 Å². The highest BCUT2D eigenvalue weighted by molar-refractivity contribution is 14.0. The molecule has 0 amide bonds. The molecule has 2 aliphatic carbocycles. The van der Waals surface area contributed by atoms with Gasteiger partial charge in [0.2, 0.25) is 0 Å². The van der Waals surface area contributed by atoms with Gasteiger partial charge in [-0.1, -0.05) is 25.7 Å². The van der Waals surface area contributed by atoms with Crippen molar-refractivity contribution in [1.29, 1.82) is 0 Å². The summed E-state index contributed by atoms with van der Waals surface area (Å²) in [6, 6.07) is 0.919. The average Bonchev–Trinajstić information content (AvgIpc) is 3.49. The van der Waals surface area contributed by atoms with Gasteiger partial charge < -0.3 is 15.5 Å². The predicted molar refractivity (Wildman–Crippen MR) is 133 cm³/mol. The monoisotopic (exact) mass is 517 g/mol. The quantitative estimate of drug-likeness (QED) is 0.306. The van der Waals surface area contributed by atoms with Crippen molar-refractivity contribution in [2.24, 2.45) is 10.9 Å². The highest BCUT2D eigenvalue weighted by Crippen LogP contribution is 2.36. The molecule has 2 saturated carbocycles. The summed E-state index contributed by atoms with van der Waals surface area (Å²) < 4.78 is 0. The molecule has 0 aromatic heterocycles. The van der Waals surface area contributed by atoms with Crippen LogP contribution in [0.2, 0.25) is 0 Å². The smallest absolute Gasteiger partial charge is 0.191 e. The lowest BCUT2D eigenvalue weighted by molar-refractivity contribution is 0.0407. The van der Waals surface area contributed by atoms with Gasteiger partial charge in [0.1, 0.15) is 0 Å². The molecule has 2 aliphatic heterocycles. The Labute approximate surface area is 195 Å². The third-order valence-electron chi connectivity index (χ3n) is 7.63. The van der Waals surface area contributed by atoms with Gasteiger partial charge in [-0.2, -0.15) is 0 Å². The lowest BCUT2D eigenvalue weighted by atomic mass is 9.79. The molecular formula is C23H44IN5. The van der Waals surface area contributed by atoms with E-state index in [0.29, 0.717) is 5.54 Å². The van der Waals surface area contributed by atoms with Gasteiger partial charge in [0, 0.05) is 31.2 Å². The first-order valence-electron chi connectivity index (χ1n) is 12.3. The molecule has 0 bridgehead atoms. The molecule has 6 heteroatoms. The molecule has 0 aromatic rings. The van der Waals surface area contributed by atoms with Crippen LogP contribution in [-0.4, -0.2) is 73.2 Å². The zero-order valence-corrected chi connectivity index (χ0v) is 21.0. The van der Waals surface area contributed by atoms with Crippen molar-refractivity contribution < 1.29 is 0 Å². The zero-order valence-electron chi connectivity index (χ0n) is 18.6. The fraction of sp³-hybridized carbons (Fsp3) is 0.957. The maximum absolute atomic E-state index is 5.15. The number of hydrogen-bond acceptors (Lipinski definition) is 3. The highest BCUT2D eigenvalue weighted by atomic mass is 127. The van der Waals surface area contributed by atoms with Gasteiger partial charge in [-0.05, 0) is 77.4 Å². The van der Waals surface area contributed by atoms with Gasteiger partial charge in [0.15, 0.2) is 5.96 Å². The Morgan fingerprint density at radius 1 is 0.931 bits per heavy atom. The summed E-state index contributed by atoms with van der Waals surface area (Å²) in [4.78, 5) is 10.7. The van der Waals surface area contributed by atoms with Crippen molar-refractivity contribution in [3.05, 3.63) is 0 Å². The van der Waals surface area contributed by atoms with Crippen LogP contribution in [0.3, 0.4) is 0 Å². The molecule has 4 rings (SSSR count). The summed E-state index contributed by atoms with van der Waals surface area (Å²) in [5.41, 5.74) is 0.331. The summed E-state index contributed by atoms with van der Waals surface area (Å²) in [6.07, 6.45) is 15.3. The fourth-order valence-electron chi connectivity index (χ4n) is 5.76. The second kappa shape index (κ2) is 11.5. The molecule has 2 saturated heterocycles. The van der Waals surface area contributed by atoms with E-state index in [9.17, 15) is 0 Å². The minimum atomic E-state index is 0. The van der Waals surface area contributed by atoms with Crippen LogP contribution in [-0.2, 0) is 0 Å². The van der Waals surface area contributed by atoms with E-state index < -0.39 is 0 Å². The summed E-state index contributed by atoms with van der Waals surface area (Å²) in [7, 11) is 0. The molecule has 4 aliphatic rings. The van der Waals surface area contributed by atoms with Crippen LogP contribution < -0.4 is 10.6 Å². The lowest BCUT2D eigenvalue weighted by Crippen LogP contribution is -2.54. The first-order chi connectivity index (χ1) is 13.8. The molecule has 0 spiro atoms. The van der Waals surface area contributed by atoms with E-state index in [-0.39, 0.29) is 24.0 Å². The number of halogens is 1. The first-order valence-corrected chi connectivity index (χ1v) is 12.3. The van der Waals surface area contributed by atoms with Crippen molar-refractivity contribution in [3.8, 4) is 0 Å². The minimum absolute atomic E-state index is 0. The van der Waals surface area contributed by atoms with Gasteiger partial charge in [-0.25, -0.2) is 0 Å². The average molecular weight is 518 g/mol. The zero-order chi connectivity index (χ0) is 19.2. The molecular weight excluding hydrogens is 473 g/mol. The van der Waals surface area contributed by atoms with Crippen LogP contribution in [0.15, 0.2) is 4.99 Å². The van der Waals surface area contributed by atoms with Gasteiger partial charge in [0.05, 0.1) is 6.54 Å². The Hall–Kier alpha value is -0.0800. The van der Waals surface area contributed by atoms with Gasteiger partial charge in [-0.15, -0.1) is 24.0 Å². The van der Waals surface area contributed by atoms with E-state index in [1.807, 2.05) is 0 Å². The summed E-state index contributed by atoms with van der Waals surface area (Å²) in [5.74, 6) is 1.84. The lowest BCUT2D eigenvalue weighted by Gasteiger charge is -2.47. The van der Waals surface area contributed by atoms with Crippen LogP contribution in [0.1, 0.15) is 77.6 Å². The Morgan fingerprint density at radius 2 is 1.66 bits per heavy atom. The highest BCUT2D eigenvalue weighted by Gasteiger charge is 2.38. The van der Waals surface area contributed by atoms with Crippen molar-refractivity contribution in [1.82, 2.24) is 20.4 Å². The van der Waals surface area contributed by atoms with Gasteiger partial charge >= 0.3 is 0 Å². The van der Waals surface area contributed by atoms with E-state index in [0.717, 1.165) is 37.6 Å². The minimum Gasteiger partial charge on any atom is -0.357 e. The molecule has 1 unspecified atom stereocenters. The Bertz CT molecular complexity index is 509. The third-order valence-corrected chi connectivity index (χ3v) is 7.63. The fourth-order valence-corrected chi connectivity index (χ4v) is 5.76. The molecule has 2 N–H and O–H groups in total. The van der Waals surface area contributed by atoms with Crippen molar-refractivity contribution in [2.45, 2.75) is 89.1 Å². The SMILES string of the molecule is CCNC(=NCC1(N2CCCCC2)CCCCC1)NCC1CCN(C2CC2)C1.I. The summed E-state index contributed by atoms with van der Waals surface area (Å²) >= 11 is 0. The maximum Gasteiger partial charge on any atom is 0.191 e. The van der Waals surface area contributed by atoms with E-state index in [1.165, 1.54) is 96.8 Å². The van der Waals surface area contributed by atoms with Crippen molar-refractivity contribution in [2.75, 3.05) is 45.8 Å². The van der Waals surface area contributed by atoms with Crippen LogP contribution in [0.5, 0.6) is 0 Å². The molecule has 1 atom stereocenters. The molecule has 4 fully saturated rings. The first kappa shape index (κ1) is 23.6. The second-order valence-corrected chi connectivity index (χ2v) is 9.79. The third kappa shape index (κ3) is 6.45.